The third-order valence-electron chi connectivity index (χ3n) is 10.4. The summed E-state index contributed by atoms with van der Waals surface area (Å²) in [7, 11) is -0.640. The predicted octanol–water partition coefficient (Wildman–Crippen LogP) is 7.39. The highest BCUT2D eigenvalue weighted by Crippen LogP contribution is 2.58. The average molecular weight is 707 g/mol. The maximum Gasteiger partial charge on any atom is 0.475 e. The van der Waals surface area contributed by atoms with E-state index in [4.69, 9.17) is 23.0 Å². The fourth-order valence-corrected chi connectivity index (χ4v) is 9.31. The summed E-state index contributed by atoms with van der Waals surface area (Å²) in [4.78, 5) is 17.3. The van der Waals surface area contributed by atoms with Crippen LogP contribution in [-0.2, 0) is 42.5 Å². The van der Waals surface area contributed by atoms with Crippen LogP contribution in [0.2, 0.25) is 0 Å². The Morgan fingerprint density at radius 2 is 1.52 bits per heavy atom. The third kappa shape index (κ3) is 8.44. The van der Waals surface area contributed by atoms with Gasteiger partial charge in [0, 0.05) is 37.1 Å². The van der Waals surface area contributed by atoms with Crippen LogP contribution < -0.4 is 4.74 Å². The number of aliphatic hydroxyl groups is 1. The van der Waals surface area contributed by atoms with Crippen molar-refractivity contribution in [3.05, 3.63) is 102 Å². The Bertz CT molecular complexity index is 1570. The Morgan fingerprint density at radius 3 is 2.08 bits per heavy atom. The van der Waals surface area contributed by atoms with Crippen LogP contribution in [0.5, 0.6) is 5.75 Å². The molecule has 3 aromatic carbocycles. The van der Waals surface area contributed by atoms with Gasteiger partial charge >= 0.3 is 13.9 Å². The van der Waals surface area contributed by atoms with Crippen LogP contribution in [0.25, 0.3) is 0 Å². The van der Waals surface area contributed by atoms with Crippen molar-refractivity contribution in [1.82, 2.24) is 9.80 Å². The third-order valence-corrected chi connectivity index (χ3v) is 11.8. The number of carbonyl (C=O) groups is 1. The zero-order valence-electron chi connectivity index (χ0n) is 29.8. The number of phosphoric acid groups is 1. The predicted molar refractivity (Wildman–Crippen MR) is 191 cm³/mol. The molecule has 3 aromatic rings. The second-order valence-corrected chi connectivity index (χ2v) is 16.6. The molecule has 3 fully saturated rings. The molecule has 2 aliphatic heterocycles. The number of fused-ring (bicyclic) bond motifs is 1. The monoisotopic (exact) mass is 706 g/mol. The molecule has 1 spiro atoms. The number of ether oxygens (including phenoxy) is 2. The van der Waals surface area contributed by atoms with E-state index in [1.165, 1.54) is 0 Å². The zero-order valence-corrected chi connectivity index (χ0v) is 30.7. The lowest BCUT2D eigenvalue weighted by atomic mass is 9.65. The number of hydrogen-bond donors (Lipinski definition) is 1. The van der Waals surface area contributed by atoms with Gasteiger partial charge < -0.3 is 19.5 Å². The minimum absolute atomic E-state index is 0.0589. The number of piperidine rings is 1. The Kier molecular flexibility index (Phi) is 11.1. The largest absolute Gasteiger partial charge is 0.497 e. The summed E-state index contributed by atoms with van der Waals surface area (Å²) in [5.74, 6) is 0.435. The summed E-state index contributed by atoms with van der Waals surface area (Å²) in [5, 5.41) is 12.2. The van der Waals surface area contributed by atoms with Gasteiger partial charge in [-0.1, -0.05) is 72.8 Å². The molecule has 0 radical (unpaired) electrons. The van der Waals surface area contributed by atoms with Crippen LogP contribution in [0.4, 0.5) is 4.79 Å². The standard InChI is InChI=1S/C39H51N2O8P/c1-38(2,3)48-37(43)40(4)31-23-39-21-20-35(33(24-39)36(42)34(41(39)25-31)22-28-16-18-32(45-5)19-17-28)49-50(44,46-26-29-12-8-6-9-13-29)47-27-30-14-10-7-11-15-30/h6-19,31,33-36,42H,20-27H2,1-5H3/t31-,33?,34?,35?,36?,39?/m0/s1. The number of amides is 1. The van der Waals surface area contributed by atoms with Crippen molar-refractivity contribution in [2.24, 2.45) is 5.92 Å². The van der Waals surface area contributed by atoms with E-state index in [2.05, 4.69) is 4.90 Å². The normalized spacial score (nSPS) is 26.6. The van der Waals surface area contributed by atoms with Crippen molar-refractivity contribution < 1.29 is 37.5 Å². The maximum absolute atomic E-state index is 14.5. The van der Waals surface area contributed by atoms with Gasteiger partial charge in [-0.3, -0.25) is 18.5 Å². The summed E-state index contributed by atoms with van der Waals surface area (Å²) < 4.78 is 44.0. The number of carbonyl (C=O) groups excluding carboxylic acids is 1. The van der Waals surface area contributed by atoms with Gasteiger partial charge in [0.25, 0.3) is 0 Å². The summed E-state index contributed by atoms with van der Waals surface area (Å²) >= 11 is 0. The van der Waals surface area contributed by atoms with Gasteiger partial charge in [-0.25, -0.2) is 9.36 Å². The first-order valence-corrected chi connectivity index (χ1v) is 19.0. The van der Waals surface area contributed by atoms with Gasteiger partial charge in [-0.15, -0.1) is 0 Å². The molecule has 1 amide bonds. The SMILES string of the molecule is COc1ccc(CC2C(O)C3CC4(CCC3OP(=O)(OCc3ccccc3)OCc3ccccc3)C[C@H](N(C)C(=O)OC(C)(C)C)CN24)cc1. The molecule has 3 aliphatic rings. The van der Waals surface area contributed by atoms with Gasteiger partial charge in [-0.05, 0) is 81.7 Å². The Morgan fingerprint density at radius 1 is 0.920 bits per heavy atom. The number of benzene rings is 3. The molecule has 1 saturated carbocycles. The van der Waals surface area contributed by atoms with Gasteiger partial charge in [0.05, 0.1) is 32.5 Å². The lowest BCUT2D eigenvalue weighted by Crippen LogP contribution is -2.66. The van der Waals surface area contributed by atoms with Gasteiger partial charge in [-0.2, -0.15) is 0 Å². The van der Waals surface area contributed by atoms with E-state index in [9.17, 15) is 14.5 Å². The smallest absolute Gasteiger partial charge is 0.475 e. The molecule has 10 nitrogen and oxygen atoms in total. The molecule has 11 heteroatoms. The molecule has 1 N–H and O–H groups in total. The lowest BCUT2D eigenvalue weighted by Gasteiger charge is -2.57. The minimum atomic E-state index is -4.09. The highest BCUT2D eigenvalue weighted by atomic mass is 31.2. The van der Waals surface area contributed by atoms with E-state index in [0.717, 1.165) is 35.3 Å². The van der Waals surface area contributed by atoms with Crippen LogP contribution in [0.1, 0.15) is 63.1 Å². The van der Waals surface area contributed by atoms with E-state index in [0.29, 0.717) is 25.8 Å². The van der Waals surface area contributed by atoms with Gasteiger partial charge in [0.15, 0.2) is 0 Å². The van der Waals surface area contributed by atoms with E-state index < -0.39 is 25.6 Å². The minimum Gasteiger partial charge on any atom is -0.497 e. The molecule has 6 atom stereocenters. The van der Waals surface area contributed by atoms with Crippen molar-refractivity contribution >= 4 is 13.9 Å². The summed E-state index contributed by atoms with van der Waals surface area (Å²) in [6, 6.07) is 26.6. The molecule has 1 aliphatic carbocycles. The number of aliphatic hydroxyl groups excluding tert-OH is 1. The average Bonchev–Trinajstić information content (AvgIpc) is 3.48. The molecule has 2 heterocycles. The Hall–Kier alpha value is -3.24. The van der Waals surface area contributed by atoms with E-state index in [1.807, 2.05) is 106 Å². The van der Waals surface area contributed by atoms with Crippen LogP contribution in [0.3, 0.4) is 0 Å². The highest BCUT2D eigenvalue weighted by molar-refractivity contribution is 7.48. The number of rotatable bonds is 12. The number of likely N-dealkylation sites (N-methyl/N-ethyl adjacent to an activating group) is 1. The fraction of sp³-hybridized carbons (Fsp3) is 0.513. The fourth-order valence-electron chi connectivity index (χ4n) is 7.91. The molecule has 6 rings (SSSR count). The van der Waals surface area contributed by atoms with Crippen molar-refractivity contribution in [2.45, 2.75) is 102 Å². The van der Waals surface area contributed by atoms with Crippen molar-refractivity contribution in [2.75, 3.05) is 20.7 Å². The number of nitrogens with zero attached hydrogens (tertiary/aromatic N) is 2. The first-order valence-electron chi connectivity index (χ1n) is 17.6. The first kappa shape index (κ1) is 36.5. The molecular formula is C39H51N2O8P. The lowest BCUT2D eigenvalue weighted by molar-refractivity contribution is -0.145. The molecule has 2 saturated heterocycles. The molecule has 5 unspecified atom stereocenters. The first-order chi connectivity index (χ1) is 23.9. The quantitative estimate of drug-likeness (QED) is 0.193. The van der Waals surface area contributed by atoms with Crippen LogP contribution in [-0.4, -0.2) is 77.1 Å². The van der Waals surface area contributed by atoms with Crippen LogP contribution in [0, 0.1) is 5.92 Å². The molecule has 2 bridgehead atoms. The molecule has 270 valence electrons. The van der Waals surface area contributed by atoms with Gasteiger partial charge in [0.1, 0.15) is 11.4 Å². The van der Waals surface area contributed by atoms with E-state index in [1.54, 1.807) is 19.1 Å². The van der Waals surface area contributed by atoms with Crippen molar-refractivity contribution in [1.29, 1.82) is 0 Å². The van der Waals surface area contributed by atoms with E-state index in [-0.39, 0.29) is 42.8 Å². The van der Waals surface area contributed by atoms with Crippen molar-refractivity contribution in [3.8, 4) is 5.75 Å². The topological polar surface area (TPSA) is 107 Å². The summed E-state index contributed by atoms with van der Waals surface area (Å²) in [5.41, 5.74) is 1.88. The number of methoxy groups -OCH3 is 1. The zero-order chi connectivity index (χ0) is 35.5. The van der Waals surface area contributed by atoms with Crippen LogP contribution >= 0.6 is 7.82 Å². The number of phosphoric ester groups is 1. The Labute approximate surface area is 296 Å². The maximum atomic E-state index is 14.5. The number of hydrogen-bond acceptors (Lipinski definition) is 9. The highest BCUT2D eigenvalue weighted by Gasteiger charge is 2.61. The summed E-state index contributed by atoms with van der Waals surface area (Å²) in [6.07, 6.45) is 1.56. The molecular weight excluding hydrogens is 655 g/mol. The second-order valence-electron chi connectivity index (χ2n) is 15.0. The Balaban J connectivity index is 1.26. The molecule has 0 aromatic heterocycles. The van der Waals surface area contributed by atoms with Crippen LogP contribution in [0.15, 0.2) is 84.9 Å². The van der Waals surface area contributed by atoms with E-state index >= 15 is 0 Å². The summed E-state index contributed by atoms with van der Waals surface area (Å²) in [6.45, 7) is 6.34. The second kappa shape index (κ2) is 15.2. The van der Waals surface area contributed by atoms with Crippen molar-refractivity contribution in [3.63, 3.8) is 0 Å². The van der Waals surface area contributed by atoms with Gasteiger partial charge in [0.2, 0.25) is 0 Å². The molecule has 50 heavy (non-hydrogen) atoms.